The van der Waals surface area contributed by atoms with Crippen molar-refractivity contribution < 1.29 is 15.0 Å². The maximum atomic E-state index is 11.3. The van der Waals surface area contributed by atoms with E-state index in [0.29, 0.717) is 11.6 Å². The molecule has 2 aromatic rings. The molecule has 1 fully saturated rings. The Balaban J connectivity index is 1.77. The first-order valence-electron chi connectivity index (χ1n) is 8.93. The monoisotopic (exact) mass is 338 g/mol. The van der Waals surface area contributed by atoms with Crippen LogP contribution >= 0.6 is 0 Å². The predicted octanol–water partition coefficient (Wildman–Crippen LogP) is 4.32. The average molecular weight is 338 g/mol. The fourth-order valence-corrected chi connectivity index (χ4v) is 4.45. The van der Waals surface area contributed by atoms with Crippen molar-refractivity contribution >= 4 is 11.7 Å². The van der Waals surface area contributed by atoms with E-state index in [0.717, 1.165) is 24.1 Å². The lowest BCUT2D eigenvalue weighted by Gasteiger charge is -2.31. The first-order valence-corrected chi connectivity index (χ1v) is 8.93. The second kappa shape index (κ2) is 6.39. The van der Waals surface area contributed by atoms with E-state index >= 15 is 0 Å². The predicted molar refractivity (Wildman–Crippen MR) is 95.0 cm³/mol. The summed E-state index contributed by atoms with van der Waals surface area (Å²) in [7, 11) is 0. The van der Waals surface area contributed by atoms with Crippen LogP contribution in [-0.4, -0.2) is 21.2 Å². The molecule has 2 unspecified atom stereocenters. The summed E-state index contributed by atoms with van der Waals surface area (Å²) in [6.07, 6.45) is 7.75. The molecule has 1 aromatic carbocycles. The number of anilines is 1. The molecule has 130 valence electrons. The molecule has 4 rings (SSSR count). The molecule has 3 N–H and O–H groups in total. The minimum absolute atomic E-state index is 0.122. The third-order valence-electron chi connectivity index (χ3n) is 5.60. The standard InChI is InChI=1S/C20H22N2O3/c23-16-7-4-10-21-18(16)19-17(12-5-2-1-3-6-12)14-9-8-13(20(24)25)11-15(14)22-19/h4,7-12,17,19,22-23H,1-3,5-6H2,(H,24,25). The van der Waals surface area contributed by atoms with Gasteiger partial charge in [0, 0.05) is 17.8 Å². The molecule has 1 aliphatic carbocycles. The summed E-state index contributed by atoms with van der Waals surface area (Å²) >= 11 is 0. The second-order valence-corrected chi connectivity index (χ2v) is 7.06. The Morgan fingerprint density at radius 2 is 1.96 bits per heavy atom. The highest BCUT2D eigenvalue weighted by atomic mass is 16.4. The Bertz CT molecular complexity index is 799. The molecular weight excluding hydrogens is 316 g/mol. The fraction of sp³-hybridized carbons (Fsp3) is 0.400. The van der Waals surface area contributed by atoms with Crippen molar-refractivity contribution in [2.75, 3.05) is 5.32 Å². The van der Waals surface area contributed by atoms with Crippen LogP contribution in [0.2, 0.25) is 0 Å². The molecule has 25 heavy (non-hydrogen) atoms. The fourth-order valence-electron chi connectivity index (χ4n) is 4.45. The molecule has 0 spiro atoms. The zero-order valence-electron chi connectivity index (χ0n) is 14.0. The van der Waals surface area contributed by atoms with Crippen LogP contribution in [0.4, 0.5) is 5.69 Å². The highest BCUT2D eigenvalue weighted by molar-refractivity contribution is 5.89. The lowest BCUT2D eigenvalue weighted by atomic mass is 9.74. The number of carboxylic acid groups (broad SMARTS) is 1. The van der Waals surface area contributed by atoms with E-state index in [1.807, 2.05) is 6.07 Å². The van der Waals surface area contributed by atoms with Crippen molar-refractivity contribution in [3.05, 3.63) is 53.3 Å². The van der Waals surface area contributed by atoms with Gasteiger partial charge in [-0.3, -0.25) is 4.98 Å². The average Bonchev–Trinajstić information content (AvgIpc) is 3.01. The van der Waals surface area contributed by atoms with Gasteiger partial charge in [-0.15, -0.1) is 0 Å². The van der Waals surface area contributed by atoms with Crippen molar-refractivity contribution in [2.45, 2.75) is 44.1 Å². The summed E-state index contributed by atoms with van der Waals surface area (Å²) in [6, 6.07) is 8.58. The number of hydrogen-bond acceptors (Lipinski definition) is 4. The third kappa shape index (κ3) is 2.84. The Morgan fingerprint density at radius 3 is 2.68 bits per heavy atom. The molecule has 0 bridgehead atoms. The van der Waals surface area contributed by atoms with E-state index in [9.17, 15) is 15.0 Å². The zero-order valence-corrected chi connectivity index (χ0v) is 14.0. The molecule has 0 saturated heterocycles. The van der Waals surface area contributed by atoms with Gasteiger partial charge in [-0.05, 0) is 48.6 Å². The van der Waals surface area contributed by atoms with Crippen LogP contribution in [-0.2, 0) is 0 Å². The van der Waals surface area contributed by atoms with Gasteiger partial charge in [0.15, 0.2) is 0 Å². The van der Waals surface area contributed by atoms with E-state index < -0.39 is 5.97 Å². The summed E-state index contributed by atoms with van der Waals surface area (Å²) < 4.78 is 0. The first-order chi connectivity index (χ1) is 12.1. The number of pyridine rings is 1. The number of hydrogen-bond donors (Lipinski definition) is 3. The van der Waals surface area contributed by atoms with Gasteiger partial charge in [-0.2, -0.15) is 0 Å². The maximum absolute atomic E-state index is 11.3. The number of carboxylic acids is 1. The van der Waals surface area contributed by atoms with E-state index in [-0.39, 0.29) is 23.3 Å². The molecule has 1 aliphatic heterocycles. The van der Waals surface area contributed by atoms with Gasteiger partial charge >= 0.3 is 5.97 Å². The molecule has 2 aliphatic rings. The Labute approximate surface area is 146 Å². The largest absolute Gasteiger partial charge is 0.506 e. The van der Waals surface area contributed by atoms with Gasteiger partial charge < -0.3 is 15.5 Å². The normalized spacial score (nSPS) is 23.0. The van der Waals surface area contributed by atoms with Crippen LogP contribution in [0.3, 0.4) is 0 Å². The van der Waals surface area contributed by atoms with Crippen LogP contribution in [0.25, 0.3) is 0 Å². The van der Waals surface area contributed by atoms with Gasteiger partial charge in [0.25, 0.3) is 0 Å². The Morgan fingerprint density at radius 1 is 1.16 bits per heavy atom. The molecule has 1 saturated carbocycles. The smallest absolute Gasteiger partial charge is 0.335 e. The number of carbonyl (C=O) groups is 1. The number of nitrogens with one attached hydrogen (secondary N) is 1. The number of aromatic nitrogens is 1. The lowest BCUT2D eigenvalue weighted by molar-refractivity contribution is 0.0697. The van der Waals surface area contributed by atoms with Crippen molar-refractivity contribution in [1.82, 2.24) is 4.98 Å². The van der Waals surface area contributed by atoms with Gasteiger partial charge in [-0.1, -0.05) is 25.3 Å². The van der Waals surface area contributed by atoms with Crippen LogP contribution in [0.15, 0.2) is 36.5 Å². The molecule has 2 heterocycles. The summed E-state index contributed by atoms with van der Waals surface area (Å²) in [6.45, 7) is 0. The molecule has 2 atom stereocenters. The number of nitrogens with zero attached hydrogens (tertiary/aromatic N) is 1. The summed E-state index contributed by atoms with van der Waals surface area (Å²) in [5.41, 5.74) is 2.92. The van der Waals surface area contributed by atoms with E-state index in [1.54, 1.807) is 30.5 Å². The number of aromatic carboxylic acids is 1. The Kier molecular flexibility index (Phi) is 4.07. The van der Waals surface area contributed by atoms with E-state index in [2.05, 4.69) is 10.3 Å². The quantitative estimate of drug-likeness (QED) is 0.776. The molecule has 5 heteroatoms. The first kappa shape index (κ1) is 15.9. The van der Waals surface area contributed by atoms with Crippen LogP contribution in [0.5, 0.6) is 5.75 Å². The van der Waals surface area contributed by atoms with Crippen molar-refractivity contribution in [3.8, 4) is 5.75 Å². The van der Waals surface area contributed by atoms with Crippen LogP contribution < -0.4 is 5.32 Å². The van der Waals surface area contributed by atoms with Gasteiger partial charge in [-0.25, -0.2) is 4.79 Å². The molecule has 0 radical (unpaired) electrons. The lowest BCUT2D eigenvalue weighted by Crippen LogP contribution is -2.22. The number of aromatic hydroxyl groups is 1. The highest BCUT2D eigenvalue weighted by Crippen LogP contribution is 2.52. The zero-order chi connectivity index (χ0) is 17.4. The van der Waals surface area contributed by atoms with E-state index in [1.165, 1.54) is 19.3 Å². The van der Waals surface area contributed by atoms with Crippen molar-refractivity contribution in [3.63, 3.8) is 0 Å². The minimum atomic E-state index is -0.928. The van der Waals surface area contributed by atoms with Crippen molar-refractivity contribution in [1.29, 1.82) is 0 Å². The Hall–Kier alpha value is -2.56. The number of benzene rings is 1. The van der Waals surface area contributed by atoms with E-state index in [4.69, 9.17) is 0 Å². The molecule has 0 amide bonds. The SMILES string of the molecule is O=C(O)c1ccc2c(c1)NC(c1ncccc1O)C2C1CCCCC1. The molecular formula is C20H22N2O3. The molecule has 1 aromatic heterocycles. The van der Waals surface area contributed by atoms with Gasteiger partial charge in [0.1, 0.15) is 11.4 Å². The summed E-state index contributed by atoms with van der Waals surface area (Å²) in [4.78, 5) is 15.7. The maximum Gasteiger partial charge on any atom is 0.335 e. The topological polar surface area (TPSA) is 82.5 Å². The molecule has 5 nitrogen and oxygen atoms in total. The van der Waals surface area contributed by atoms with Crippen molar-refractivity contribution in [2.24, 2.45) is 5.92 Å². The van der Waals surface area contributed by atoms with Crippen LogP contribution in [0.1, 0.15) is 65.7 Å². The summed E-state index contributed by atoms with van der Waals surface area (Å²) in [5, 5.41) is 23.0. The van der Waals surface area contributed by atoms with Gasteiger partial charge in [0.05, 0.1) is 11.6 Å². The van der Waals surface area contributed by atoms with Gasteiger partial charge in [0.2, 0.25) is 0 Å². The number of fused-ring (bicyclic) bond motifs is 1. The highest BCUT2D eigenvalue weighted by Gasteiger charge is 2.40. The second-order valence-electron chi connectivity index (χ2n) is 7.06. The van der Waals surface area contributed by atoms with Crippen LogP contribution in [0, 0.1) is 5.92 Å². The third-order valence-corrected chi connectivity index (χ3v) is 5.60. The summed E-state index contributed by atoms with van der Waals surface area (Å²) in [5.74, 6) is -0.0152. The minimum Gasteiger partial charge on any atom is -0.506 e. The number of rotatable bonds is 3.